The molecule has 106 valence electrons. The predicted molar refractivity (Wildman–Crippen MR) is 74.4 cm³/mol. The molecule has 0 fully saturated rings. The molecule has 1 amide bonds. The van der Waals surface area contributed by atoms with Gasteiger partial charge < -0.3 is 9.64 Å². The quantitative estimate of drug-likeness (QED) is 0.784. The smallest absolute Gasteiger partial charge is 0.260 e. The summed E-state index contributed by atoms with van der Waals surface area (Å²) in [7, 11) is 3.54. The molecule has 0 bridgehead atoms. The van der Waals surface area contributed by atoms with Gasteiger partial charge in [-0.25, -0.2) is 4.98 Å². The minimum absolute atomic E-state index is 0.0812. The summed E-state index contributed by atoms with van der Waals surface area (Å²) in [4.78, 5) is 17.4. The highest BCUT2D eigenvalue weighted by molar-refractivity contribution is 6.30. The molecule has 2 aromatic rings. The number of likely N-dealkylation sites (N-methyl/N-ethyl adjacent to an activating group) is 1. The normalized spacial score (nSPS) is 10.3. The van der Waals surface area contributed by atoms with Crippen LogP contribution in [0.15, 0.2) is 30.7 Å². The van der Waals surface area contributed by atoms with Crippen molar-refractivity contribution >= 4 is 17.5 Å². The van der Waals surface area contributed by atoms with Gasteiger partial charge in [0.2, 0.25) is 0 Å². The number of hydrogen-bond donors (Lipinski definition) is 0. The third kappa shape index (κ3) is 3.71. The molecule has 0 saturated heterocycles. The van der Waals surface area contributed by atoms with Gasteiger partial charge in [-0.15, -0.1) is 0 Å². The molecular formula is C13H15ClN4O2. The van der Waals surface area contributed by atoms with Gasteiger partial charge in [0.15, 0.2) is 17.5 Å². The van der Waals surface area contributed by atoms with E-state index in [0.717, 1.165) is 5.56 Å². The van der Waals surface area contributed by atoms with E-state index in [0.29, 0.717) is 12.3 Å². The number of rotatable bonds is 5. The van der Waals surface area contributed by atoms with Crippen LogP contribution in [0, 0.1) is 0 Å². The Morgan fingerprint density at radius 1 is 1.55 bits per heavy atom. The molecule has 0 N–H and O–H groups in total. The Hall–Kier alpha value is -2.08. The lowest BCUT2D eigenvalue weighted by Crippen LogP contribution is -2.30. The zero-order valence-electron chi connectivity index (χ0n) is 11.3. The van der Waals surface area contributed by atoms with E-state index >= 15 is 0 Å². The highest BCUT2D eigenvalue weighted by Crippen LogP contribution is 2.20. The number of hydrogen-bond acceptors (Lipinski definition) is 4. The molecule has 0 radical (unpaired) electrons. The van der Waals surface area contributed by atoms with Crippen LogP contribution in [0.5, 0.6) is 5.75 Å². The highest BCUT2D eigenvalue weighted by atomic mass is 35.5. The molecule has 0 saturated carbocycles. The Balaban J connectivity index is 1.87. The molecule has 6 nitrogen and oxygen atoms in total. The second kappa shape index (κ2) is 6.38. The van der Waals surface area contributed by atoms with Crippen molar-refractivity contribution < 1.29 is 9.53 Å². The highest BCUT2D eigenvalue weighted by Gasteiger charge is 2.12. The third-order valence-corrected chi connectivity index (χ3v) is 2.96. The van der Waals surface area contributed by atoms with Gasteiger partial charge in [-0.3, -0.25) is 9.48 Å². The molecule has 0 aliphatic rings. The lowest BCUT2D eigenvalue weighted by atomic mass is 10.3. The van der Waals surface area contributed by atoms with Gasteiger partial charge in [-0.2, -0.15) is 5.10 Å². The predicted octanol–water partition coefficient (Wildman–Crippen LogP) is 1.51. The van der Waals surface area contributed by atoms with Crippen LogP contribution in [0.1, 0.15) is 5.56 Å². The van der Waals surface area contributed by atoms with Crippen molar-refractivity contribution in [3.05, 3.63) is 41.4 Å². The monoisotopic (exact) mass is 294 g/mol. The number of nitrogens with zero attached hydrogens (tertiary/aromatic N) is 4. The molecule has 0 aromatic carbocycles. The van der Waals surface area contributed by atoms with Crippen LogP contribution < -0.4 is 4.74 Å². The standard InChI is InChI=1S/C13H15ClN4O2/c1-17(7-10-6-16-18(2)8-10)12(19)9-20-11-4-3-5-15-13(11)14/h3-6,8H,7,9H2,1-2H3. The summed E-state index contributed by atoms with van der Waals surface area (Å²) >= 11 is 5.85. The average Bonchev–Trinajstić information content (AvgIpc) is 2.82. The fourth-order valence-corrected chi connectivity index (χ4v) is 1.82. The van der Waals surface area contributed by atoms with E-state index in [2.05, 4.69) is 10.1 Å². The van der Waals surface area contributed by atoms with Gasteiger partial charge in [-0.1, -0.05) is 11.6 Å². The minimum Gasteiger partial charge on any atom is -0.481 e. The number of carbonyl (C=O) groups is 1. The Bertz CT molecular complexity index is 600. The number of aryl methyl sites for hydroxylation is 1. The summed E-state index contributed by atoms with van der Waals surface area (Å²) in [5.41, 5.74) is 0.961. The Morgan fingerprint density at radius 3 is 3.00 bits per heavy atom. The van der Waals surface area contributed by atoms with E-state index in [1.807, 2.05) is 13.2 Å². The van der Waals surface area contributed by atoms with Gasteiger partial charge in [0, 0.05) is 38.6 Å². The molecule has 0 aliphatic carbocycles. The van der Waals surface area contributed by atoms with Crippen molar-refractivity contribution in [2.24, 2.45) is 7.05 Å². The van der Waals surface area contributed by atoms with Crippen molar-refractivity contribution in [1.82, 2.24) is 19.7 Å². The molecular weight excluding hydrogens is 280 g/mol. The Labute approximate surface area is 121 Å². The molecule has 0 aliphatic heterocycles. The average molecular weight is 295 g/mol. The van der Waals surface area contributed by atoms with Crippen molar-refractivity contribution in [2.45, 2.75) is 6.54 Å². The fourth-order valence-electron chi connectivity index (χ4n) is 1.64. The molecule has 2 heterocycles. The molecule has 0 spiro atoms. The summed E-state index contributed by atoms with van der Waals surface area (Å²) in [5, 5.41) is 4.30. The van der Waals surface area contributed by atoms with Crippen LogP contribution in [-0.2, 0) is 18.4 Å². The van der Waals surface area contributed by atoms with Crippen LogP contribution in [0.3, 0.4) is 0 Å². The van der Waals surface area contributed by atoms with Crippen molar-refractivity contribution in [3.63, 3.8) is 0 Å². The first-order chi connectivity index (χ1) is 9.56. The second-order valence-electron chi connectivity index (χ2n) is 4.35. The summed E-state index contributed by atoms with van der Waals surface area (Å²) in [6.07, 6.45) is 5.15. The zero-order chi connectivity index (χ0) is 14.5. The molecule has 7 heteroatoms. The maximum absolute atomic E-state index is 11.9. The van der Waals surface area contributed by atoms with Crippen LogP contribution in [0.2, 0.25) is 5.15 Å². The van der Waals surface area contributed by atoms with Gasteiger partial charge in [0.05, 0.1) is 6.20 Å². The van der Waals surface area contributed by atoms with Gasteiger partial charge >= 0.3 is 0 Å². The molecule has 2 aromatic heterocycles. The molecule has 0 atom stereocenters. The molecule has 0 unspecified atom stereocenters. The Morgan fingerprint density at radius 2 is 2.35 bits per heavy atom. The van der Waals surface area contributed by atoms with Crippen molar-refractivity contribution in [1.29, 1.82) is 0 Å². The first-order valence-corrected chi connectivity index (χ1v) is 6.39. The summed E-state index contributed by atoms with van der Waals surface area (Å²) in [5.74, 6) is 0.256. The van der Waals surface area contributed by atoms with Crippen molar-refractivity contribution in [2.75, 3.05) is 13.7 Å². The largest absolute Gasteiger partial charge is 0.481 e. The van der Waals surface area contributed by atoms with Crippen molar-refractivity contribution in [3.8, 4) is 5.75 Å². The number of halogens is 1. The number of pyridine rings is 1. The van der Waals surface area contributed by atoms with Crippen LogP contribution in [0.25, 0.3) is 0 Å². The first kappa shape index (κ1) is 14.3. The third-order valence-electron chi connectivity index (χ3n) is 2.68. The Kier molecular flexibility index (Phi) is 4.57. The summed E-state index contributed by atoms with van der Waals surface area (Å²) < 4.78 is 7.05. The van der Waals surface area contributed by atoms with E-state index in [-0.39, 0.29) is 17.7 Å². The minimum atomic E-state index is -0.145. The van der Waals surface area contributed by atoms with Gasteiger partial charge in [0.25, 0.3) is 5.91 Å². The maximum Gasteiger partial charge on any atom is 0.260 e. The fraction of sp³-hybridized carbons (Fsp3) is 0.308. The summed E-state index contributed by atoms with van der Waals surface area (Å²) in [6, 6.07) is 3.37. The lowest BCUT2D eigenvalue weighted by molar-refractivity contribution is -0.132. The van der Waals surface area contributed by atoms with E-state index in [1.165, 1.54) is 0 Å². The molecule has 2 rings (SSSR count). The maximum atomic E-state index is 11.9. The van der Waals surface area contributed by atoms with E-state index in [4.69, 9.17) is 16.3 Å². The number of aromatic nitrogens is 3. The van der Waals surface area contributed by atoms with E-state index in [1.54, 1.807) is 41.2 Å². The number of carbonyl (C=O) groups excluding carboxylic acids is 1. The van der Waals surface area contributed by atoms with Crippen LogP contribution >= 0.6 is 11.6 Å². The lowest BCUT2D eigenvalue weighted by Gasteiger charge is -2.16. The number of ether oxygens (including phenoxy) is 1. The van der Waals surface area contributed by atoms with E-state index < -0.39 is 0 Å². The summed E-state index contributed by atoms with van der Waals surface area (Å²) in [6.45, 7) is 0.402. The van der Waals surface area contributed by atoms with Crippen LogP contribution in [0.4, 0.5) is 0 Å². The van der Waals surface area contributed by atoms with Crippen LogP contribution in [-0.4, -0.2) is 39.2 Å². The molecule has 20 heavy (non-hydrogen) atoms. The number of amides is 1. The van der Waals surface area contributed by atoms with Gasteiger partial charge in [-0.05, 0) is 12.1 Å². The first-order valence-electron chi connectivity index (χ1n) is 6.01. The van der Waals surface area contributed by atoms with E-state index in [9.17, 15) is 4.79 Å². The SMILES string of the molecule is CN(Cc1cnn(C)c1)C(=O)COc1cccnc1Cl. The topological polar surface area (TPSA) is 60.2 Å². The zero-order valence-corrected chi connectivity index (χ0v) is 12.0. The van der Waals surface area contributed by atoms with Gasteiger partial charge in [0.1, 0.15) is 0 Å². The second-order valence-corrected chi connectivity index (χ2v) is 4.71.